The maximum absolute atomic E-state index is 12.6. The minimum atomic E-state index is -0.704. The number of hydrogen-bond donors (Lipinski definition) is 1. The molecule has 1 aliphatic heterocycles. The fourth-order valence-corrected chi connectivity index (χ4v) is 3.44. The van der Waals surface area contributed by atoms with Crippen LogP contribution in [0.5, 0.6) is 0 Å². The highest BCUT2D eigenvalue weighted by Gasteiger charge is 2.32. The van der Waals surface area contributed by atoms with Crippen molar-refractivity contribution in [2.24, 2.45) is 5.92 Å². The van der Waals surface area contributed by atoms with E-state index >= 15 is 0 Å². The number of amides is 1. The molecular formula is C18H21BrN2O3. The fraction of sp³-hybridized carbons (Fsp3) is 0.444. The van der Waals surface area contributed by atoms with Gasteiger partial charge in [-0.2, -0.15) is 0 Å². The Morgan fingerprint density at radius 3 is 2.79 bits per heavy atom. The molecule has 2 aromatic rings. The normalized spacial score (nSPS) is 18.2. The molecule has 1 aromatic heterocycles. The first kappa shape index (κ1) is 17.2. The first-order valence-electron chi connectivity index (χ1n) is 8.06. The Kier molecular flexibility index (Phi) is 4.78. The monoisotopic (exact) mass is 392 g/mol. The average Bonchev–Trinajstić information content (AvgIpc) is 3.15. The predicted octanol–water partition coefficient (Wildman–Crippen LogP) is 3.73. The fourth-order valence-electron chi connectivity index (χ4n) is 3.18. The van der Waals surface area contributed by atoms with Gasteiger partial charge in [0.2, 0.25) is 5.76 Å². The summed E-state index contributed by atoms with van der Waals surface area (Å²) < 4.78 is 6.24. The van der Waals surface area contributed by atoms with Crippen LogP contribution in [0.3, 0.4) is 0 Å². The van der Waals surface area contributed by atoms with Crippen LogP contribution in [0.15, 0.2) is 39.3 Å². The minimum Gasteiger partial charge on any atom is -0.390 e. The van der Waals surface area contributed by atoms with Crippen LogP contribution >= 0.6 is 15.9 Å². The molecule has 2 heterocycles. The molecule has 1 aliphatic rings. The molecule has 1 N–H and O–H groups in total. The highest BCUT2D eigenvalue weighted by atomic mass is 79.9. The summed E-state index contributed by atoms with van der Waals surface area (Å²) in [7, 11) is 0. The summed E-state index contributed by atoms with van der Waals surface area (Å²) in [5.41, 5.74) is 0.852. The highest BCUT2D eigenvalue weighted by Crippen LogP contribution is 2.27. The van der Waals surface area contributed by atoms with Crippen molar-refractivity contribution < 1.29 is 14.4 Å². The molecule has 1 saturated heterocycles. The van der Waals surface area contributed by atoms with E-state index in [9.17, 15) is 9.90 Å². The molecule has 3 rings (SSSR count). The van der Waals surface area contributed by atoms with Gasteiger partial charge in [-0.1, -0.05) is 33.2 Å². The number of aromatic nitrogens is 1. The van der Waals surface area contributed by atoms with Gasteiger partial charge in [-0.3, -0.25) is 4.79 Å². The first-order chi connectivity index (χ1) is 11.3. The van der Waals surface area contributed by atoms with Crippen LogP contribution in [0.25, 0.3) is 11.3 Å². The molecule has 0 spiro atoms. The van der Waals surface area contributed by atoms with E-state index in [1.807, 2.05) is 24.3 Å². The van der Waals surface area contributed by atoms with Gasteiger partial charge in [0, 0.05) is 29.2 Å². The van der Waals surface area contributed by atoms with E-state index in [1.54, 1.807) is 24.8 Å². The third kappa shape index (κ3) is 4.05. The summed E-state index contributed by atoms with van der Waals surface area (Å²) in [6.07, 6.45) is 1.60. The number of nitrogens with zero attached hydrogens (tertiary/aromatic N) is 2. The Bertz CT molecular complexity index is 719. The second kappa shape index (κ2) is 6.69. The number of rotatable bonds is 4. The molecule has 1 atom stereocenters. The summed E-state index contributed by atoms with van der Waals surface area (Å²) in [6, 6.07) is 9.38. The topological polar surface area (TPSA) is 66.6 Å². The van der Waals surface area contributed by atoms with Crippen molar-refractivity contribution in [3.8, 4) is 11.3 Å². The maximum Gasteiger partial charge on any atom is 0.292 e. The van der Waals surface area contributed by atoms with Gasteiger partial charge in [-0.15, -0.1) is 0 Å². The van der Waals surface area contributed by atoms with E-state index in [1.165, 1.54) is 0 Å². The van der Waals surface area contributed by atoms with Crippen molar-refractivity contribution in [3.05, 3.63) is 40.6 Å². The molecule has 1 aromatic carbocycles. The SMILES string of the molecule is CC(C)(O)CC1CCN(C(=O)c2cc(-c3ccc(Br)cc3)no2)C1. The van der Waals surface area contributed by atoms with E-state index < -0.39 is 5.60 Å². The van der Waals surface area contributed by atoms with E-state index in [4.69, 9.17) is 4.52 Å². The number of halogens is 1. The van der Waals surface area contributed by atoms with Gasteiger partial charge in [0.1, 0.15) is 5.69 Å². The average molecular weight is 393 g/mol. The van der Waals surface area contributed by atoms with Gasteiger partial charge in [0.25, 0.3) is 5.91 Å². The van der Waals surface area contributed by atoms with E-state index in [2.05, 4.69) is 21.1 Å². The molecule has 0 bridgehead atoms. The van der Waals surface area contributed by atoms with Crippen molar-refractivity contribution in [3.63, 3.8) is 0 Å². The minimum absolute atomic E-state index is 0.135. The van der Waals surface area contributed by atoms with E-state index in [0.717, 1.165) is 16.5 Å². The van der Waals surface area contributed by atoms with Crippen LogP contribution in [0.1, 0.15) is 37.2 Å². The van der Waals surface area contributed by atoms with Gasteiger partial charge in [-0.25, -0.2) is 0 Å². The smallest absolute Gasteiger partial charge is 0.292 e. The lowest BCUT2D eigenvalue weighted by atomic mass is 9.93. The Morgan fingerprint density at radius 1 is 1.42 bits per heavy atom. The molecule has 128 valence electrons. The molecule has 0 radical (unpaired) electrons. The standard InChI is InChI=1S/C18H21BrN2O3/c1-18(2,23)10-12-7-8-21(11-12)17(22)16-9-15(20-24-16)13-3-5-14(19)6-4-13/h3-6,9,12,23H,7-8,10-11H2,1-2H3. The molecule has 1 unspecified atom stereocenters. The zero-order valence-corrected chi connectivity index (χ0v) is 15.4. The van der Waals surface area contributed by atoms with Gasteiger partial charge in [0.15, 0.2) is 0 Å². The molecule has 1 amide bonds. The van der Waals surface area contributed by atoms with Crippen molar-refractivity contribution in [1.82, 2.24) is 10.1 Å². The lowest BCUT2D eigenvalue weighted by molar-refractivity contribution is 0.0517. The molecular weight excluding hydrogens is 372 g/mol. The second-order valence-electron chi connectivity index (χ2n) is 7.01. The Balaban J connectivity index is 1.67. The van der Waals surface area contributed by atoms with Gasteiger partial charge in [-0.05, 0) is 44.7 Å². The third-order valence-corrected chi connectivity index (χ3v) is 4.75. The predicted molar refractivity (Wildman–Crippen MR) is 94.6 cm³/mol. The summed E-state index contributed by atoms with van der Waals surface area (Å²) in [6.45, 7) is 4.95. The number of aliphatic hydroxyl groups is 1. The third-order valence-electron chi connectivity index (χ3n) is 4.22. The first-order valence-corrected chi connectivity index (χ1v) is 8.85. The number of carbonyl (C=O) groups is 1. The van der Waals surface area contributed by atoms with Crippen molar-refractivity contribution in [2.45, 2.75) is 32.3 Å². The Hall–Kier alpha value is -1.66. The van der Waals surface area contributed by atoms with E-state index in [-0.39, 0.29) is 11.7 Å². The molecule has 0 aliphatic carbocycles. The Labute approximate surface area is 149 Å². The largest absolute Gasteiger partial charge is 0.390 e. The molecule has 0 saturated carbocycles. The van der Waals surface area contributed by atoms with Crippen LogP contribution in [-0.4, -0.2) is 39.8 Å². The molecule has 1 fully saturated rings. The van der Waals surface area contributed by atoms with E-state index in [0.29, 0.717) is 31.1 Å². The zero-order valence-electron chi connectivity index (χ0n) is 13.8. The summed E-state index contributed by atoms with van der Waals surface area (Å²) in [4.78, 5) is 14.4. The molecule has 6 heteroatoms. The van der Waals surface area contributed by atoms with Gasteiger partial charge < -0.3 is 14.5 Å². The number of hydrogen-bond acceptors (Lipinski definition) is 4. The lowest BCUT2D eigenvalue weighted by Crippen LogP contribution is -2.30. The summed E-state index contributed by atoms with van der Waals surface area (Å²) in [5, 5.41) is 13.9. The number of likely N-dealkylation sites (tertiary alicyclic amines) is 1. The van der Waals surface area contributed by atoms with Crippen LogP contribution in [0.2, 0.25) is 0 Å². The van der Waals surface area contributed by atoms with Gasteiger partial charge in [0.05, 0.1) is 5.60 Å². The summed E-state index contributed by atoms with van der Waals surface area (Å²) >= 11 is 3.39. The van der Waals surface area contributed by atoms with Crippen LogP contribution in [0, 0.1) is 5.92 Å². The second-order valence-corrected chi connectivity index (χ2v) is 7.92. The van der Waals surface area contributed by atoms with Gasteiger partial charge >= 0.3 is 0 Å². The maximum atomic E-state index is 12.6. The highest BCUT2D eigenvalue weighted by molar-refractivity contribution is 9.10. The van der Waals surface area contributed by atoms with Crippen LogP contribution in [-0.2, 0) is 0 Å². The molecule has 24 heavy (non-hydrogen) atoms. The zero-order chi connectivity index (χ0) is 17.3. The quantitative estimate of drug-likeness (QED) is 0.860. The van der Waals surface area contributed by atoms with Crippen molar-refractivity contribution in [1.29, 1.82) is 0 Å². The molecule has 5 nitrogen and oxygen atoms in total. The summed E-state index contributed by atoms with van der Waals surface area (Å²) in [5.74, 6) is 0.448. The number of benzene rings is 1. The lowest BCUT2D eigenvalue weighted by Gasteiger charge is -2.21. The number of carbonyl (C=O) groups excluding carboxylic acids is 1. The Morgan fingerprint density at radius 2 is 2.12 bits per heavy atom. The van der Waals surface area contributed by atoms with Crippen molar-refractivity contribution >= 4 is 21.8 Å². The van der Waals surface area contributed by atoms with Crippen molar-refractivity contribution in [2.75, 3.05) is 13.1 Å². The van der Waals surface area contributed by atoms with Crippen LogP contribution in [0.4, 0.5) is 0 Å². The van der Waals surface area contributed by atoms with Crippen LogP contribution < -0.4 is 0 Å².